The maximum Gasteiger partial charge on any atom is 0.251 e. The Kier molecular flexibility index (Phi) is 4.38. The quantitative estimate of drug-likeness (QED) is 0.911. The van der Waals surface area contributed by atoms with Crippen LogP contribution in [0.3, 0.4) is 0 Å². The van der Waals surface area contributed by atoms with E-state index in [0.29, 0.717) is 12.1 Å². The zero-order valence-electron chi connectivity index (χ0n) is 11.0. The van der Waals surface area contributed by atoms with E-state index < -0.39 is 0 Å². The second-order valence-electron chi connectivity index (χ2n) is 4.63. The summed E-state index contributed by atoms with van der Waals surface area (Å²) in [5.41, 5.74) is 4.08. The van der Waals surface area contributed by atoms with Crippen LogP contribution in [-0.4, -0.2) is 5.91 Å². The summed E-state index contributed by atoms with van der Waals surface area (Å²) in [6.45, 7) is 4.57. The third kappa shape index (κ3) is 3.67. The van der Waals surface area contributed by atoms with Gasteiger partial charge in [-0.25, -0.2) is 0 Å². The SMILES string of the molecule is Cc1cc(Br)cc(C(=O)NCc2ccccc2C)c1. The Morgan fingerprint density at radius 2 is 1.89 bits per heavy atom. The number of hydrogen-bond donors (Lipinski definition) is 1. The largest absolute Gasteiger partial charge is 0.348 e. The van der Waals surface area contributed by atoms with Gasteiger partial charge >= 0.3 is 0 Å². The Labute approximate surface area is 122 Å². The molecule has 0 saturated carbocycles. The van der Waals surface area contributed by atoms with Crippen molar-refractivity contribution in [3.8, 4) is 0 Å². The van der Waals surface area contributed by atoms with E-state index in [4.69, 9.17) is 0 Å². The van der Waals surface area contributed by atoms with Crippen LogP contribution in [0, 0.1) is 13.8 Å². The maximum atomic E-state index is 12.1. The fourth-order valence-corrected chi connectivity index (χ4v) is 2.56. The summed E-state index contributed by atoms with van der Waals surface area (Å²) in [5, 5.41) is 2.95. The van der Waals surface area contributed by atoms with Gasteiger partial charge in [0.1, 0.15) is 0 Å². The highest BCUT2D eigenvalue weighted by atomic mass is 79.9. The molecule has 1 N–H and O–H groups in total. The number of nitrogens with one attached hydrogen (secondary N) is 1. The summed E-state index contributed by atoms with van der Waals surface area (Å²) in [7, 11) is 0. The molecule has 3 heteroatoms. The van der Waals surface area contributed by atoms with E-state index in [9.17, 15) is 4.79 Å². The van der Waals surface area contributed by atoms with Crippen molar-refractivity contribution in [2.24, 2.45) is 0 Å². The van der Waals surface area contributed by atoms with E-state index in [0.717, 1.165) is 15.6 Å². The van der Waals surface area contributed by atoms with Crippen molar-refractivity contribution in [1.29, 1.82) is 0 Å². The van der Waals surface area contributed by atoms with E-state index >= 15 is 0 Å². The molecule has 1 amide bonds. The van der Waals surface area contributed by atoms with E-state index in [1.54, 1.807) is 0 Å². The molecule has 0 aromatic heterocycles. The molecule has 0 aliphatic heterocycles. The fourth-order valence-electron chi connectivity index (χ4n) is 1.95. The smallest absolute Gasteiger partial charge is 0.251 e. The predicted molar refractivity (Wildman–Crippen MR) is 81.2 cm³/mol. The van der Waals surface area contributed by atoms with E-state index in [1.807, 2.05) is 56.3 Å². The van der Waals surface area contributed by atoms with Gasteiger partial charge in [0, 0.05) is 16.6 Å². The van der Waals surface area contributed by atoms with Gasteiger partial charge in [-0.15, -0.1) is 0 Å². The van der Waals surface area contributed by atoms with Crippen LogP contribution in [0.25, 0.3) is 0 Å². The van der Waals surface area contributed by atoms with Crippen molar-refractivity contribution in [2.75, 3.05) is 0 Å². The summed E-state index contributed by atoms with van der Waals surface area (Å²) in [6, 6.07) is 13.8. The highest BCUT2D eigenvalue weighted by molar-refractivity contribution is 9.10. The molecule has 0 aliphatic carbocycles. The molecule has 0 aliphatic rings. The predicted octanol–water partition coefficient (Wildman–Crippen LogP) is 4.00. The first-order chi connectivity index (χ1) is 9.06. The molecule has 19 heavy (non-hydrogen) atoms. The van der Waals surface area contributed by atoms with Gasteiger partial charge in [0.25, 0.3) is 5.91 Å². The molecule has 0 radical (unpaired) electrons. The van der Waals surface area contributed by atoms with Gasteiger partial charge in [-0.05, 0) is 48.7 Å². The van der Waals surface area contributed by atoms with Crippen molar-refractivity contribution >= 4 is 21.8 Å². The Morgan fingerprint density at radius 3 is 2.58 bits per heavy atom. The van der Waals surface area contributed by atoms with Crippen LogP contribution in [-0.2, 0) is 6.54 Å². The van der Waals surface area contributed by atoms with Crippen LogP contribution in [0.5, 0.6) is 0 Å². The highest BCUT2D eigenvalue weighted by Gasteiger charge is 2.07. The Bertz CT molecular complexity index is 587. The van der Waals surface area contributed by atoms with E-state index in [1.165, 1.54) is 5.56 Å². The third-order valence-electron chi connectivity index (χ3n) is 3.00. The molecule has 98 valence electrons. The second kappa shape index (κ2) is 6.02. The minimum atomic E-state index is -0.0485. The van der Waals surface area contributed by atoms with Crippen molar-refractivity contribution in [2.45, 2.75) is 20.4 Å². The molecular weight excluding hydrogens is 302 g/mol. The molecular formula is C16H16BrNO. The van der Waals surface area contributed by atoms with Crippen LogP contribution in [0.2, 0.25) is 0 Å². The van der Waals surface area contributed by atoms with Crippen LogP contribution >= 0.6 is 15.9 Å². The second-order valence-corrected chi connectivity index (χ2v) is 5.54. The Hall–Kier alpha value is -1.61. The molecule has 0 atom stereocenters. The van der Waals surface area contributed by atoms with Gasteiger partial charge in [0.05, 0.1) is 0 Å². The number of carbonyl (C=O) groups excluding carboxylic acids is 1. The molecule has 2 nitrogen and oxygen atoms in total. The van der Waals surface area contributed by atoms with Crippen molar-refractivity contribution in [3.05, 3.63) is 69.2 Å². The lowest BCUT2D eigenvalue weighted by atomic mass is 10.1. The first-order valence-corrected chi connectivity index (χ1v) is 6.95. The Morgan fingerprint density at radius 1 is 1.16 bits per heavy atom. The number of rotatable bonds is 3. The molecule has 0 unspecified atom stereocenters. The molecule has 2 rings (SSSR count). The summed E-state index contributed by atoms with van der Waals surface area (Å²) in [5.74, 6) is -0.0485. The first kappa shape index (κ1) is 13.8. The zero-order valence-corrected chi connectivity index (χ0v) is 12.6. The molecule has 0 heterocycles. The highest BCUT2D eigenvalue weighted by Crippen LogP contribution is 2.15. The molecule has 0 spiro atoms. The molecule has 0 saturated heterocycles. The molecule has 0 bridgehead atoms. The van der Waals surface area contributed by atoms with Gasteiger partial charge in [0.2, 0.25) is 0 Å². The van der Waals surface area contributed by atoms with E-state index in [2.05, 4.69) is 21.2 Å². The van der Waals surface area contributed by atoms with Crippen molar-refractivity contribution < 1.29 is 4.79 Å². The van der Waals surface area contributed by atoms with Crippen LogP contribution in [0.15, 0.2) is 46.9 Å². The van der Waals surface area contributed by atoms with Gasteiger partial charge in [0.15, 0.2) is 0 Å². The summed E-state index contributed by atoms with van der Waals surface area (Å²) < 4.78 is 0.925. The first-order valence-electron chi connectivity index (χ1n) is 6.16. The zero-order chi connectivity index (χ0) is 13.8. The molecule has 0 fully saturated rings. The topological polar surface area (TPSA) is 29.1 Å². The average Bonchev–Trinajstić information content (AvgIpc) is 2.36. The molecule has 2 aromatic rings. The summed E-state index contributed by atoms with van der Waals surface area (Å²) in [4.78, 5) is 12.1. The van der Waals surface area contributed by atoms with Crippen LogP contribution in [0.4, 0.5) is 0 Å². The van der Waals surface area contributed by atoms with Gasteiger partial charge in [-0.1, -0.05) is 40.2 Å². The standard InChI is InChI=1S/C16H16BrNO/c1-11-7-14(9-15(17)8-11)16(19)18-10-13-6-4-3-5-12(13)2/h3-9H,10H2,1-2H3,(H,18,19). The third-order valence-corrected chi connectivity index (χ3v) is 3.46. The lowest BCUT2D eigenvalue weighted by Gasteiger charge is -2.08. The van der Waals surface area contributed by atoms with Crippen LogP contribution in [0.1, 0.15) is 27.0 Å². The molecule has 2 aromatic carbocycles. The minimum absolute atomic E-state index is 0.0485. The van der Waals surface area contributed by atoms with Gasteiger partial charge in [-0.2, -0.15) is 0 Å². The number of benzene rings is 2. The minimum Gasteiger partial charge on any atom is -0.348 e. The number of aryl methyl sites for hydroxylation is 2. The Balaban J connectivity index is 2.08. The van der Waals surface area contributed by atoms with Gasteiger partial charge < -0.3 is 5.32 Å². The number of halogens is 1. The summed E-state index contributed by atoms with van der Waals surface area (Å²) in [6.07, 6.45) is 0. The number of amides is 1. The number of carbonyl (C=O) groups is 1. The normalized spacial score (nSPS) is 10.3. The number of hydrogen-bond acceptors (Lipinski definition) is 1. The van der Waals surface area contributed by atoms with E-state index in [-0.39, 0.29) is 5.91 Å². The lowest BCUT2D eigenvalue weighted by Crippen LogP contribution is -2.23. The lowest BCUT2D eigenvalue weighted by molar-refractivity contribution is 0.0950. The van der Waals surface area contributed by atoms with Crippen molar-refractivity contribution in [1.82, 2.24) is 5.32 Å². The average molecular weight is 318 g/mol. The summed E-state index contributed by atoms with van der Waals surface area (Å²) >= 11 is 3.41. The van der Waals surface area contributed by atoms with Crippen molar-refractivity contribution in [3.63, 3.8) is 0 Å². The van der Waals surface area contributed by atoms with Crippen LogP contribution < -0.4 is 5.32 Å². The maximum absolute atomic E-state index is 12.1. The fraction of sp³-hybridized carbons (Fsp3) is 0.188. The van der Waals surface area contributed by atoms with Gasteiger partial charge in [-0.3, -0.25) is 4.79 Å². The monoisotopic (exact) mass is 317 g/mol.